The van der Waals surface area contributed by atoms with Crippen molar-refractivity contribution in [1.29, 1.82) is 0 Å². The van der Waals surface area contributed by atoms with Crippen molar-refractivity contribution in [2.45, 2.75) is 20.5 Å². The Hall–Kier alpha value is -3.11. The normalized spacial score (nSPS) is 11.1. The number of aliphatic hydroxyl groups excluding tert-OH is 1. The Labute approximate surface area is 165 Å². The van der Waals surface area contributed by atoms with E-state index in [4.69, 9.17) is 4.98 Å². The molecule has 0 aliphatic carbocycles. The highest BCUT2D eigenvalue weighted by molar-refractivity contribution is 5.69. The summed E-state index contributed by atoms with van der Waals surface area (Å²) in [5, 5.41) is 9.21. The standard InChI is InChI=1S/C24H25N3O/c1-3-26(4-2)22-12-9-20(10-13-22)23-16-27-15-21(11-14-24(27)25-23)19-7-5-18(17-28)6-8-19/h5-16,28H,3-4,17H2,1-2H3. The second-order valence-electron chi connectivity index (χ2n) is 6.88. The van der Waals surface area contributed by atoms with E-state index in [1.165, 1.54) is 5.69 Å². The van der Waals surface area contributed by atoms with Crippen molar-refractivity contribution in [3.63, 3.8) is 0 Å². The molecule has 28 heavy (non-hydrogen) atoms. The number of nitrogens with zero attached hydrogens (tertiary/aromatic N) is 3. The van der Waals surface area contributed by atoms with Gasteiger partial charge in [0.25, 0.3) is 0 Å². The van der Waals surface area contributed by atoms with E-state index in [9.17, 15) is 5.11 Å². The van der Waals surface area contributed by atoms with Crippen molar-refractivity contribution < 1.29 is 5.11 Å². The maximum Gasteiger partial charge on any atom is 0.137 e. The number of anilines is 1. The van der Waals surface area contributed by atoms with Crippen LogP contribution in [0.15, 0.2) is 73.1 Å². The van der Waals surface area contributed by atoms with Crippen LogP contribution >= 0.6 is 0 Å². The monoisotopic (exact) mass is 371 g/mol. The molecule has 1 N–H and O–H groups in total. The first-order valence-corrected chi connectivity index (χ1v) is 9.76. The topological polar surface area (TPSA) is 40.8 Å². The van der Waals surface area contributed by atoms with Crippen molar-refractivity contribution in [2.24, 2.45) is 0 Å². The third kappa shape index (κ3) is 3.51. The Morgan fingerprint density at radius 1 is 0.786 bits per heavy atom. The van der Waals surface area contributed by atoms with Crippen LogP contribution in [0.3, 0.4) is 0 Å². The van der Waals surface area contributed by atoms with E-state index in [-0.39, 0.29) is 6.61 Å². The zero-order valence-electron chi connectivity index (χ0n) is 16.3. The maximum atomic E-state index is 9.21. The quantitative estimate of drug-likeness (QED) is 0.518. The first kappa shape index (κ1) is 18.3. The van der Waals surface area contributed by atoms with Gasteiger partial charge in [-0.1, -0.05) is 36.4 Å². The lowest BCUT2D eigenvalue weighted by molar-refractivity contribution is 0.282. The van der Waals surface area contributed by atoms with Crippen molar-refractivity contribution >= 4 is 11.3 Å². The van der Waals surface area contributed by atoms with Crippen LogP contribution in [0.25, 0.3) is 28.0 Å². The van der Waals surface area contributed by atoms with Crippen molar-refractivity contribution in [2.75, 3.05) is 18.0 Å². The zero-order chi connectivity index (χ0) is 19.5. The number of rotatable bonds is 6. The first-order chi connectivity index (χ1) is 13.7. The molecule has 0 saturated carbocycles. The van der Waals surface area contributed by atoms with Crippen molar-refractivity contribution in [1.82, 2.24) is 9.38 Å². The molecule has 0 fully saturated rings. The van der Waals surface area contributed by atoms with Crippen LogP contribution in [0.2, 0.25) is 0 Å². The van der Waals surface area contributed by atoms with E-state index in [1.54, 1.807) is 0 Å². The van der Waals surface area contributed by atoms with Gasteiger partial charge in [0, 0.05) is 36.7 Å². The molecule has 0 atom stereocenters. The number of fused-ring (bicyclic) bond motifs is 1. The molecule has 0 aliphatic heterocycles. The van der Waals surface area contributed by atoms with E-state index in [0.29, 0.717) is 0 Å². The third-order valence-corrected chi connectivity index (χ3v) is 5.21. The maximum absolute atomic E-state index is 9.21. The summed E-state index contributed by atoms with van der Waals surface area (Å²) >= 11 is 0. The molecule has 0 saturated heterocycles. The van der Waals surface area contributed by atoms with Gasteiger partial charge in [0.15, 0.2) is 0 Å². The fourth-order valence-electron chi connectivity index (χ4n) is 3.54. The molecular weight excluding hydrogens is 346 g/mol. The van der Waals surface area contributed by atoms with Gasteiger partial charge in [-0.3, -0.25) is 0 Å². The molecule has 0 bridgehead atoms. The van der Waals surface area contributed by atoms with Gasteiger partial charge >= 0.3 is 0 Å². The highest BCUT2D eigenvalue weighted by atomic mass is 16.3. The van der Waals surface area contributed by atoms with Gasteiger partial charge in [0.05, 0.1) is 12.3 Å². The molecule has 0 spiro atoms. The molecule has 2 heterocycles. The lowest BCUT2D eigenvalue weighted by Crippen LogP contribution is -2.21. The molecule has 4 nitrogen and oxygen atoms in total. The summed E-state index contributed by atoms with van der Waals surface area (Å²) < 4.78 is 2.07. The Morgan fingerprint density at radius 3 is 2.07 bits per heavy atom. The fourth-order valence-corrected chi connectivity index (χ4v) is 3.54. The molecule has 4 aromatic rings. The summed E-state index contributed by atoms with van der Waals surface area (Å²) in [5.41, 5.74) is 7.43. The molecule has 0 radical (unpaired) electrons. The lowest BCUT2D eigenvalue weighted by atomic mass is 10.1. The number of aromatic nitrogens is 2. The van der Waals surface area contributed by atoms with E-state index < -0.39 is 0 Å². The fraction of sp³-hybridized carbons (Fsp3) is 0.208. The molecule has 4 heteroatoms. The Morgan fingerprint density at radius 2 is 1.43 bits per heavy atom. The summed E-state index contributed by atoms with van der Waals surface area (Å²) in [6, 6.07) is 20.7. The van der Waals surface area contributed by atoms with E-state index in [1.807, 2.05) is 30.3 Å². The number of hydrogen-bond acceptors (Lipinski definition) is 3. The van der Waals surface area contributed by atoms with E-state index in [2.05, 4.69) is 65.9 Å². The van der Waals surface area contributed by atoms with Gasteiger partial charge in [0.1, 0.15) is 5.65 Å². The molecule has 142 valence electrons. The molecule has 2 aromatic heterocycles. The average Bonchev–Trinajstić information content (AvgIpc) is 3.18. The SMILES string of the molecule is CCN(CC)c1ccc(-c2cn3cc(-c4ccc(CO)cc4)ccc3n2)cc1. The predicted octanol–water partition coefficient (Wildman–Crippen LogP) is 5.01. The zero-order valence-corrected chi connectivity index (χ0v) is 16.3. The van der Waals surface area contributed by atoms with Crippen LogP contribution in [-0.2, 0) is 6.61 Å². The largest absolute Gasteiger partial charge is 0.392 e. The first-order valence-electron chi connectivity index (χ1n) is 9.76. The molecule has 2 aromatic carbocycles. The summed E-state index contributed by atoms with van der Waals surface area (Å²) in [7, 11) is 0. The van der Waals surface area contributed by atoms with Gasteiger partial charge in [-0.15, -0.1) is 0 Å². The number of hydrogen-bond donors (Lipinski definition) is 1. The van der Waals surface area contributed by atoms with Gasteiger partial charge in [-0.25, -0.2) is 4.98 Å². The predicted molar refractivity (Wildman–Crippen MR) is 116 cm³/mol. The molecule has 0 amide bonds. The van der Waals surface area contributed by atoms with Crippen LogP contribution in [0.5, 0.6) is 0 Å². The summed E-state index contributed by atoms with van der Waals surface area (Å²) in [5.74, 6) is 0. The van der Waals surface area contributed by atoms with E-state index >= 15 is 0 Å². The molecule has 0 unspecified atom stereocenters. The van der Waals surface area contributed by atoms with Crippen molar-refractivity contribution in [3.05, 3.63) is 78.6 Å². The van der Waals surface area contributed by atoms with Crippen LogP contribution in [-0.4, -0.2) is 27.6 Å². The Bertz CT molecular complexity index is 1060. The average molecular weight is 371 g/mol. The van der Waals surface area contributed by atoms with Gasteiger partial charge < -0.3 is 14.4 Å². The summed E-state index contributed by atoms with van der Waals surface area (Å²) in [4.78, 5) is 7.11. The van der Waals surface area contributed by atoms with E-state index in [0.717, 1.165) is 46.7 Å². The molecular formula is C24H25N3O. The van der Waals surface area contributed by atoms with Crippen molar-refractivity contribution in [3.8, 4) is 22.4 Å². The highest BCUT2D eigenvalue weighted by Crippen LogP contribution is 2.25. The minimum Gasteiger partial charge on any atom is -0.392 e. The van der Waals surface area contributed by atoms with Gasteiger partial charge in [-0.05, 0) is 54.8 Å². The number of pyridine rings is 1. The minimum atomic E-state index is 0.0667. The second-order valence-corrected chi connectivity index (χ2v) is 6.88. The Balaban J connectivity index is 1.64. The number of aliphatic hydroxyl groups is 1. The second kappa shape index (κ2) is 7.87. The Kier molecular flexibility index (Phi) is 5.13. The molecule has 0 aliphatic rings. The third-order valence-electron chi connectivity index (χ3n) is 5.21. The van der Waals surface area contributed by atoms with Gasteiger partial charge in [-0.2, -0.15) is 0 Å². The number of imidazole rings is 1. The number of benzene rings is 2. The summed E-state index contributed by atoms with van der Waals surface area (Å²) in [6.45, 7) is 6.43. The lowest BCUT2D eigenvalue weighted by Gasteiger charge is -2.20. The summed E-state index contributed by atoms with van der Waals surface area (Å²) in [6.07, 6.45) is 4.18. The molecule has 4 rings (SSSR count). The minimum absolute atomic E-state index is 0.0667. The van der Waals surface area contributed by atoms with Crippen LogP contribution in [0, 0.1) is 0 Å². The van der Waals surface area contributed by atoms with Crippen LogP contribution in [0.4, 0.5) is 5.69 Å². The highest BCUT2D eigenvalue weighted by Gasteiger charge is 2.08. The van der Waals surface area contributed by atoms with Crippen LogP contribution < -0.4 is 4.90 Å². The van der Waals surface area contributed by atoms with Crippen LogP contribution in [0.1, 0.15) is 19.4 Å². The van der Waals surface area contributed by atoms with Gasteiger partial charge in [0.2, 0.25) is 0 Å². The smallest absolute Gasteiger partial charge is 0.137 e.